The molecule has 64 valence electrons. The van der Waals surface area contributed by atoms with Crippen molar-refractivity contribution in [1.29, 1.82) is 0 Å². The molecule has 1 amide bonds. The smallest absolute Gasteiger partial charge is 0.237 e. The first-order valence-electron chi connectivity index (χ1n) is 3.17. The maximum absolute atomic E-state index is 12.5. The Kier molecular flexibility index (Phi) is 2.75. The van der Waals surface area contributed by atoms with Gasteiger partial charge in [-0.1, -0.05) is 22.0 Å². The monoisotopic (exact) mass is 232 g/mol. The number of primary amides is 1. The molecule has 1 rings (SSSR count). The zero-order chi connectivity index (χ0) is 9.14. The normalized spacial score (nSPS) is 12.5. The Bertz CT molecular complexity index is 305. The number of hydrogen-bond donors (Lipinski definition) is 1. The summed E-state index contributed by atoms with van der Waals surface area (Å²) < 4.78 is 12.5. The number of aromatic nitrogens is 1. The second-order valence-electron chi connectivity index (χ2n) is 2.15. The van der Waals surface area contributed by atoms with Crippen molar-refractivity contribution in [3.05, 3.63) is 29.8 Å². The number of nitrogens with two attached hydrogens (primary N) is 1. The van der Waals surface area contributed by atoms with Gasteiger partial charge < -0.3 is 5.73 Å². The van der Waals surface area contributed by atoms with E-state index >= 15 is 0 Å². The first-order chi connectivity index (χ1) is 5.61. The van der Waals surface area contributed by atoms with Crippen LogP contribution in [0.25, 0.3) is 0 Å². The fraction of sp³-hybridized carbons (Fsp3) is 0.143. The molecule has 0 fully saturated rings. The van der Waals surface area contributed by atoms with Crippen LogP contribution in [0, 0.1) is 5.95 Å². The second kappa shape index (κ2) is 3.62. The Labute approximate surface area is 76.9 Å². The lowest BCUT2D eigenvalue weighted by atomic mass is 10.2. The summed E-state index contributed by atoms with van der Waals surface area (Å²) in [5.74, 6) is -1.22. The number of carbonyl (C=O) groups is 1. The Morgan fingerprint density at radius 3 is 2.83 bits per heavy atom. The van der Waals surface area contributed by atoms with Gasteiger partial charge in [-0.15, -0.1) is 0 Å². The van der Waals surface area contributed by atoms with E-state index in [-0.39, 0.29) is 5.69 Å². The van der Waals surface area contributed by atoms with Gasteiger partial charge >= 0.3 is 0 Å². The van der Waals surface area contributed by atoms with Gasteiger partial charge in [-0.25, -0.2) is 4.98 Å². The highest BCUT2D eigenvalue weighted by Gasteiger charge is 2.14. The lowest BCUT2D eigenvalue weighted by molar-refractivity contribution is -0.117. The maximum atomic E-state index is 12.5. The van der Waals surface area contributed by atoms with Gasteiger partial charge in [-0.05, 0) is 12.1 Å². The number of nitrogens with zero attached hydrogens (tertiary/aromatic N) is 1. The number of hydrogen-bond acceptors (Lipinski definition) is 2. The van der Waals surface area contributed by atoms with E-state index < -0.39 is 16.7 Å². The van der Waals surface area contributed by atoms with Crippen molar-refractivity contribution < 1.29 is 9.18 Å². The van der Waals surface area contributed by atoms with E-state index in [1.807, 2.05) is 0 Å². The van der Waals surface area contributed by atoms with Crippen LogP contribution >= 0.6 is 15.9 Å². The van der Waals surface area contributed by atoms with Gasteiger partial charge in [0, 0.05) is 0 Å². The highest BCUT2D eigenvalue weighted by atomic mass is 79.9. The maximum Gasteiger partial charge on any atom is 0.237 e. The Balaban J connectivity index is 2.95. The molecule has 0 spiro atoms. The number of alkyl halides is 1. The van der Waals surface area contributed by atoms with Crippen LogP contribution in [0.15, 0.2) is 18.2 Å². The van der Waals surface area contributed by atoms with Gasteiger partial charge in [0.2, 0.25) is 11.9 Å². The minimum atomic E-state index is -0.729. The third-order valence-electron chi connectivity index (χ3n) is 1.25. The Morgan fingerprint density at radius 2 is 2.33 bits per heavy atom. The lowest BCUT2D eigenvalue weighted by Crippen LogP contribution is -2.17. The third-order valence-corrected chi connectivity index (χ3v) is 2.17. The first-order valence-corrected chi connectivity index (χ1v) is 4.08. The van der Waals surface area contributed by atoms with Gasteiger partial charge in [0.25, 0.3) is 0 Å². The summed E-state index contributed by atoms with van der Waals surface area (Å²) in [7, 11) is 0. The minimum absolute atomic E-state index is 0.280. The van der Waals surface area contributed by atoms with E-state index in [2.05, 4.69) is 20.9 Å². The van der Waals surface area contributed by atoms with Crippen molar-refractivity contribution in [2.75, 3.05) is 0 Å². The summed E-state index contributed by atoms with van der Waals surface area (Å²) in [6.45, 7) is 0. The molecule has 0 saturated carbocycles. The van der Waals surface area contributed by atoms with Crippen LogP contribution in [0.4, 0.5) is 4.39 Å². The number of halogens is 2. The molecule has 3 nitrogen and oxygen atoms in total. The summed E-state index contributed by atoms with van der Waals surface area (Å²) >= 11 is 2.98. The third kappa shape index (κ3) is 2.01. The standard InChI is InChI=1S/C7H6BrFN2O/c8-6(7(10)12)4-2-1-3-5(9)11-4/h1-3,6H,(H2,10,12). The van der Waals surface area contributed by atoms with Crippen molar-refractivity contribution in [1.82, 2.24) is 4.98 Å². The van der Waals surface area contributed by atoms with E-state index in [1.54, 1.807) is 0 Å². The highest BCUT2D eigenvalue weighted by molar-refractivity contribution is 9.09. The van der Waals surface area contributed by atoms with E-state index in [0.717, 1.165) is 0 Å². The minimum Gasteiger partial charge on any atom is -0.368 e. The van der Waals surface area contributed by atoms with Crippen LogP contribution in [0.2, 0.25) is 0 Å². The summed E-state index contributed by atoms with van der Waals surface area (Å²) in [6.07, 6.45) is 0. The molecule has 1 aromatic heterocycles. The predicted molar refractivity (Wildman–Crippen MR) is 45.1 cm³/mol. The number of rotatable bonds is 2. The number of amides is 1. The number of pyridine rings is 1. The van der Waals surface area contributed by atoms with Crippen LogP contribution in [-0.4, -0.2) is 10.9 Å². The molecule has 0 saturated heterocycles. The van der Waals surface area contributed by atoms with E-state index in [1.165, 1.54) is 18.2 Å². The molecule has 0 aliphatic rings. The molecule has 12 heavy (non-hydrogen) atoms. The summed E-state index contributed by atoms with van der Waals surface area (Å²) in [5, 5.41) is 0. The Hall–Kier alpha value is -0.970. The molecule has 0 bridgehead atoms. The fourth-order valence-corrected chi connectivity index (χ4v) is 0.966. The fourth-order valence-electron chi connectivity index (χ4n) is 0.711. The molecule has 1 atom stereocenters. The molecule has 0 radical (unpaired) electrons. The van der Waals surface area contributed by atoms with Crippen molar-refractivity contribution in [2.24, 2.45) is 5.73 Å². The van der Waals surface area contributed by atoms with Crippen LogP contribution in [0.1, 0.15) is 10.5 Å². The molecule has 1 unspecified atom stereocenters. The van der Waals surface area contributed by atoms with E-state index in [9.17, 15) is 9.18 Å². The van der Waals surface area contributed by atoms with Gasteiger partial charge in [-0.3, -0.25) is 4.79 Å². The van der Waals surface area contributed by atoms with Crippen LogP contribution in [-0.2, 0) is 4.79 Å². The molecular formula is C7H6BrFN2O. The van der Waals surface area contributed by atoms with Crippen molar-refractivity contribution in [3.63, 3.8) is 0 Å². The molecular weight excluding hydrogens is 227 g/mol. The molecule has 0 aliphatic carbocycles. The molecule has 1 heterocycles. The van der Waals surface area contributed by atoms with Gasteiger partial charge in [0.1, 0.15) is 4.83 Å². The van der Waals surface area contributed by atoms with Gasteiger partial charge in [0.05, 0.1) is 5.69 Å². The van der Waals surface area contributed by atoms with Crippen LogP contribution in [0.5, 0.6) is 0 Å². The topological polar surface area (TPSA) is 56.0 Å². The average molecular weight is 233 g/mol. The lowest BCUT2D eigenvalue weighted by Gasteiger charge is -2.03. The molecule has 0 aromatic carbocycles. The number of carbonyl (C=O) groups excluding carboxylic acids is 1. The van der Waals surface area contributed by atoms with Crippen molar-refractivity contribution >= 4 is 21.8 Å². The zero-order valence-electron chi connectivity index (χ0n) is 6.00. The van der Waals surface area contributed by atoms with Crippen LogP contribution < -0.4 is 5.73 Å². The van der Waals surface area contributed by atoms with Crippen molar-refractivity contribution in [3.8, 4) is 0 Å². The van der Waals surface area contributed by atoms with Crippen LogP contribution in [0.3, 0.4) is 0 Å². The summed E-state index contributed by atoms with van der Waals surface area (Å²) in [5.41, 5.74) is 5.25. The van der Waals surface area contributed by atoms with Gasteiger partial charge in [0.15, 0.2) is 0 Å². The van der Waals surface area contributed by atoms with Crippen molar-refractivity contribution in [2.45, 2.75) is 4.83 Å². The highest BCUT2D eigenvalue weighted by Crippen LogP contribution is 2.19. The average Bonchev–Trinajstić information content (AvgIpc) is 2.03. The van der Waals surface area contributed by atoms with E-state index in [0.29, 0.717) is 0 Å². The molecule has 0 aliphatic heterocycles. The van der Waals surface area contributed by atoms with Gasteiger partial charge in [-0.2, -0.15) is 4.39 Å². The molecule has 5 heteroatoms. The first kappa shape index (κ1) is 9.12. The Morgan fingerprint density at radius 1 is 1.67 bits per heavy atom. The molecule has 1 aromatic rings. The zero-order valence-corrected chi connectivity index (χ0v) is 7.58. The SMILES string of the molecule is NC(=O)C(Br)c1cccc(F)n1. The quantitative estimate of drug-likeness (QED) is 0.615. The predicted octanol–water partition coefficient (Wildman–Crippen LogP) is 1.14. The van der Waals surface area contributed by atoms with E-state index in [4.69, 9.17) is 5.73 Å². The summed E-state index contributed by atoms with van der Waals surface area (Å²) in [4.78, 5) is 13.4. The largest absolute Gasteiger partial charge is 0.368 e. The molecule has 2 N–H and O–H groups in total. The second-order valence-corrected chi connectivity index (χ2v) is 3.07. The summed E-state index contributed by atoms with van der Waals surface area (Å²) in [6, 6.07) is 4.19.